The van der Waals surface area contributed by atoms with E-state index in [1.54, 1.807) is 0 Å². The van der Waals surface area contributed by atoms with Crippen LogP contribution in [0, 0.1) is 0 Å². The zero-order valence-electron chi connectivity index (χ0n) is 11.8. The molecule has 2 heteroatoms. The van der Waals surface area contributed by atoms with Gasteiger partial charge in [0.25, 0.3) is 0 Å². The van der Waals surface area contributed by atoms with Crippen LogP contribution in [0.2, 0.25) is 0 Å². The minimum absolute atomic E-state index is 0.534. The van der Waals surface area contributed by atoms with Gasteiger partial charge in [-0.05, 0) is 40.6 Å². The summed E-state index contributed by atoms with van der Waals surface area (Å²) in [6.07, 6.45) is 1.99. The highest BCUT2D eigenvalue weighted by Gasteiger charge is 2.04. The van der Waals surface area contributed by atoms with Crippen LogP contribution in [0.25, 0.3) is 10.9 Å². The van der Waals surface area contributed by atoms with Crippen molar-refractivity contribution in [2.75, 3.05) is 6.54 Å². The summed E-state index contributed by atoms with van der Waals surface area (Å²) in [7, 11) is 0. The number of benzene rings is 2. The molecule has 20 heavy (non-hydrogen) atoms. The smallest absolute Gasteiger partial charge is 0.0454 e. The van der Waals surface area contributed by atoms with Gasteiger partial charge in [0.15, 0.2) is 0 Å². The molecule has 0 spiro atoms. The molecule has 0 aliphatic heterocycles. The van der Waals surface area contributed by atoms with Gasteiger partial charge >= 0.3 is 0 Å². The average Bonchev–Trinajstić information content (AvgIpc) is 2.95. The Morgan fingerprint density at radius 2 is 1.90 bits per heavy atom. The third-order valence-electron chi connectivity index (χ3n) is 3.77. The molecule has 3 rings (SSSR count). The number of aromatic nitrogens is 1. The Balaban J connectivity index is 1.57. The van der Waals surface area contributed by atoms with E-state index in [0.29, 0.717) is 5.92 Å². The number of fused-ring (bicyclic) bond motifs is 1. The van der Waals surface area contributed by atoms with Gasteiger partial charge < -0.3 is 10.3 Å². The number of aromatic amines is 1. The molecule has 1 aromatic heterocycles. The Hall–Kier alpha value is -2.06. The van der Waals surface area contributed by atoms with Crippen LogP contribution < -0.4 is 5.32 Å². The SMILES string of the molecule is CC(CNCc1ccc2[nH]ccc2c1)c1ccccc1. The standard InChI is InChI=1S/C18H20N2/c1-14(16-5-3-2-4-6-16)12-19-13-15-7-8-18-17(11-15)9-10-20-18/h2-11,14,19-20H,12-13H2,1H3. The molecule has 1 heterocycles. The second kappa shape index (κ2) is 5.93. The summed E-state index contributed by atoms with van der Waals surface area (Å²) >= 11 is 0. The van der Waals surface area contributed by atoms with Gasteiger partial charge in [-0.25, -0.2) is 0 Å². The molecule has 0 aliphatic rings. The van der Waals surface area contributed by atoms with Gasteiger partial charge in [-0.1, -0.05) is 43.3 Å². The Labute approximate surface area is 119 Å². The first-order valence-electron chi connectivity index (χ1n) is 7.14. The van der Waals surface area contributed by atoms with Gasteiger partial charge in [0.05, 0.1) is 0 Å². The molecular weight excluding hydrogens is 244 g/mol. The molecule has 2 nitrogen and oxygen atoms in total. The van der Waals surface area contributed by atoms with Crippen LogP contribution in [0.3, 0.4) is 0 Å². The van der Waals surface area contributed by atoms with Gasteiger partial charge in [0.1, 0.15) is 0 Å². The number of hydrogen-bond donors (Lipinski definition) is 2. The maximum atomic E-state index is 3.55. The molecule has 0 fully saturated rings. The number of hydrogen-bond acceptors (Lipinski definition) is 1. The number of nitrogens with one attached hydrogen (secondary N) is 2. The van der Waals surface area contributed by atoms with Crippen molar-refractivity contribution in [3.8, 4) is 0 Å². The predicted molar refractivity (Wildman–Crippen MR) is 84.9 cm³/mol. The summed E-state index contributed by atoms with van der Waals surface area (Å²) in [5, 5.41) is 4.82. The molecule has 0 saturated heterocycles. The monoisotopic (exact) mass is 264 g/mol. The van der Waals surface area contributed by atoms with Crippen molar-refractivity contribution < 1.29 is 0 Å². The van der Waals surface area contributed by atoms with E-state index < -0.39 is 0 Å². The molecule has 2 N–H and O–H groups in total. The van der Waals surface area contributed by atoms with E-state index in [2.05, 4.69) is 71.8 Å². The Bertz CT molecular complexity index is 670. The summed E-state index contributed by atoms with van der Waals surface area (Å²) in [6.45, 7) is 4.17. The third-order valence-corrected chi connectivity index (χ3v) is 3.77. The fourth-order valence-electron chi connectivity index (χ4n) is 2.55. The molecule has 1 atom stereocenters. The number of rotatable bonds is 5. The fourth-order valence-corrected chi connectivity index (χ4v) is 2.55. The summed E-state index contributed by atoms with van der Waals surface area (Å²) in [5.74, 6) is 0.534. The van der Waals surface area contributed by atoms with E-state index in [1.165, 1.54) is 22.0 Å². The summed E-state index contributed by atoms with van der Waals surface area (Å²) in [5.41, 5.74) is 3.92. The minimum atomic E-state index is 0.534. The average molecular weight is 264 g/mol. The van der Waals surface area contributed by atoms with Gasteiger partial charge in [0.2, 0.25) is 0 Å². The van der Waals surface area contributed by atoms with Crippen LogP contribution >= 0.6 is 0 Å². The lowest BCUT2D eigenvalue weighted by Crippen LogP contribution is -2.19. The lowest BCUT2D eigenvalue weighted by molar-refractivity contribution is 0.615. The first-order valence-corrected chi connectivity index (χ1v) is 7.14. The lowest BCUT2D eigenvalue weighted by atomic mass is 10.0. The van der Waals surface area contributed by atoms with E-state index in [4.69, 9.17) is 0 Å². The normalized spacial score (nSPS) is 12.7. The molecule has 3 aromatic rings. The molecular formula is C18H20N2. The van der Waals surface area contributed by atoms with Crippen LogP contribution in [-0.4, -0.2) is 11.5 Å². The Kier molecular flexibility index (Phi) is 3.84. The van der Waals surface area contributed by atoms with Crippen molar-refractivity contribution in [2.24, 2.45) is 0 Å². The zero-order valence-corrected chi connectivity index (χ0v) is 11.8. The van der Waals surface area contributed by atoms with Crippen molar-refractivity contribution in [3.63, 3.8) is 0 Å². The Morgan fingerprint density at radius 3 is 2.75 bits per heavy atom. The summed E-state index contributed by atoms with van der Waals surface area (Å²) < 4.78 is 0. The largest absolute Gasteiger partial charge is 0.361 e. The topological polar surface area (TPSA) is 27.8 Å². The molecule has 2 aromatic carbocycles. The Morgan fingerprint density at radius 1 is 1.05 bits per heavy atom. The van der Waals surface area contributed by atoms with Crippen molar-refractivity contribution in [1.29, 1.82) is 0 Å². The molecule has 0 saturated carbocycles. The molecule has 1 unspecified atom stereocenters. The van der Waals surface area contributed by atoms with E-state index in [0.717, 1.165) is 13.1 Å². The van der Waals surface area contributed by atoms with Crippen molar-refractivity contribution in [2.45, 2.75) is 19.4 Å². The lowest BCUT2D eigenvalue weighted by Gasteiger charge is -2.13. The van der Waals surface area contributed by atoms with Gasteiger partial charge in [0, 0.05) is 24.8 Å². The van der Waals surface area contributed by atoms with E-state index in [9.17, 15) is 0 Å². The van der Waals surface area contributed by atoms with Crippen LogP contribution in [0.5, 0.6) is 0 Å². The van der Waals surface area contributed by atoms with Crippen LogP contribution in [-0.2, 0) is 6.54 Å². The highest BCUT2D eigenvalue weighted by atomic mass is 14.9. The first-order chi connectivity index (χ1) is 9.83. The highest BCUT2D eigenvalue weighted by molar-refractivity contribution is 5.79. The van der Waals surface area contributed by atoms with Crippen LogP contribution in [0.4, 0.5) is 0 Å². The molecule has 0 aliphatic carbocycles. The quantitative estimate of drug-likeness (QED) is 0.714. The molecule has 0 bridgehead atoms. The second-order valence-electron chi connectivity index (χ2n) is 5.34. The molecule has 0 radical (unpaired) electrons. The predicted octanol–water partition coefficient (Wildman–Crippen LogP) is 4.06. The van der Waals surface area contributed by atoms with Gasteiger partial charge in [-0.15, -0.1) is 0 Å². The molecule has 0 amide bonds. The van der Waals surface area contributed by atoms with E-state index >= 15 is 0 Å². The van der Waals surface area contributed by atoms with Crippen molar-refractivity contribution in [3.05, 3.63) is 71.9 Å². The first kappa shape index (κ1) is 12.9. The zero-order chi connectivity index (χ0) is 13.8. The number of H-pyrrole nitrogens is 1. The third kappa shape index (κ3) is 2.91. The maximum Gasteiger partial charge on any atom is 0.0454 e. The van der Waals surface area contributed by atoms with Gasteiger partial charge in [-0.2, -0.15) is 0 Å². The minimum Gasteiger partial charge on any atom is -0.361 e. The van der Waals surface area contributed by atoms with Crippen molar-refractivity contribution in [1.82, 2.24) is 10.3 Å². The highest BCUT2D eigenvalue weighted by Crippen LogP contribution is 2.15. The van der Waals surface area contributed by atoms with E-state index in [-0.39, 0.29) is 0 Å². The maximum absolute atomic E-state index is 3.55. The van der Waals surface area contributed by atoms with Crippen molar-refractivity contribution >= 4 is 10.9 Å². The fraction of sp³-hybridized carbons (Fsp3) is 0.222. The van der Waals surface area contributed by atoms with Crippen LogP contribution in [0.1, 0.15) is 24.0 Å². The van der Waals surface area contributed by atoms with Crippen LogP contribution in [0.15, 0.2) is 60.8 Å². The summed E-state index contributed by atoms with van der Waals surface area (Å²) in [4.78, 5) is 3.22. The molecule has 102 valence electrons. The summed E-state index contributed by atoms with van der Waals surface area (Å²) in [6, 6.07) is 19.3. The van der Waals surface area contributed by atoms with E-state index in [1.807, 2.05) is 6.20 Å². The van der Waals surface area contributed by atoms with Gasteiger partial charge in [-0.3, -0.25) is 0 Å². The second-order valence-corrected chi connectivity index (χ2v) is 5.34.